The summed E-state index contributed by atoms with van der Waals surface area (Å²) in [6.07, 6.45) is 4.03. The lowest BCUT2D eigenvalue weighted by molar-refractivity contribution is 0.141. The van der Waals surface area contributed by atoms with Crippen LogP contribution in [0.2, 0.25) is 0 Å². The maximum atomic E-state index is 12.2. The van der Waals surface area contributed by atoms with Gasteiger partial charge in [0.25, 0.3) is 0 Å². The van der Waals surface area contributed by atoms with Gasteiger partial charge in [-0.15, -0.1) is 0 Å². The van der Waals surface area contributed by atoms with E-state index >= 15 is 0 Å². The molecule has 2 aromatic rings. The lowest BCUT2D eigenvalue weighted by atomic mass is 9.98. The van der Waals surface area contributed by atoms with Crippen molar-refractivity contribution in [3.63, 3.8) is 0 Å². The number of alkyl carbamates (subject to hydrolysis) is 1. The first-order valence-electron chi connectivity index (χ1n) is 9.78. The predicted molar refractivity (Wildman–Crippen MR) is 111 cm³/mol. The highest BCUT2D eigenvalue weighted by Gasteiger charge is 2.28. The highest BCUT2D eigenvalue weighted by Crippen LogP contribution is 2.44. The molecule has 0 fully saturated rings. The molecule has 0 aromatic heterocycles. The molecule has 3 heteroatoms. The molecule has 0 saturated carbocycles. The minimum absolute atomic E-state index is 0.109. The zero-order valence-corrected chi connectivity index (χ0v) is 16.5. The molecule has 0 radical (unpaired) electrons. The number of carbonyl (C=O) groups excluding carboxylic acids is 1. The SMILES string of the molecule is CC(C)=CCC[C@@H](C)CNC(=O)OCC1c2ccccc2-c2ccccc21. The standard InChI is InChI=1S/C24H29NO2/c1-17(2)9-8-10-18(3)15-25-24(26)27-16-23-21-13-6-4-11-19(21)20-12-5-7-14-22(20)23/h4-7,9,11-14,18,23H,8,10,15-16H2,1-3H3,(H,25,26)/t18-/m1/s1. The van der Waals surface area contributed by atoms with Crippen LogP contribution in [0, 0.1) is 5.92 Å². The first-order chi connectivity index (χ1) is 13.1. The number of nitrogens with one attached hydrogen (secondary N) is 1. The molecule has 3 rings (SSSR count). The van der Waals surface area contributed by atoms with E-state index in [1.165, 1.54) is 27.8 Å². The quantitative estimate of drug-likeness (QED) is 0.621. The van der Waals surface area contributed by atoms with Gasteiger partial charge in [-0.1, -0.05) is 67.1 Å². The molecule has 0 saturated heterocycles. The van der Waals surface area contributed by atoms with E-state index in [-0.39, 0.29) is 12.0 Å². The smallest absolute Gasteiger partial charge is 0.407 e. The lowest BCUT2D eigenvalue weighted by Gasteiger charge is -2.16. The van der Waals surface area contributed by atoms with Crippen molar-refractivity contribution in [2.45, 2.75) is 39.5 Å². The molecule has 27 heavy (non-hydrogen) atoms. The zero-order valence-electron chi connectivity index (χ0n) is 16.5. The Labute approximate surface area is 162 Å². The number of hydrogen-bond acceptors (Lipinski definition) is 2. The summed E-state index contributed by atoms with van der Waals surface area (Å²) < 4.78 is 5.57. The number of rotatable bonds is 7. The van der Waals surface area contributed by atoms with E-state index in [0.29, 0.717) is 19.1 Å². The fourth-order valence-corrected chi connectivity index (χ4v) is 3.67. The third-order valence-electron chi connectivity index (χ3n) is 5.15. The van der Waals surface area contributed by atoms with Crippen LogP contribution in [0.1, 0.15) is 50.7 Å². The number of benzene rings is 2. The maximum absolute atomic E-state index is 12.2. The third-order valence-corrected chi connectivity index (χ3v) is 5.15. The van der Waals surface area contributed by atoms with E-state index in [1.807, 2.05) is 12.1 Å². The van der Waals surface area contributed by atoms with Crippen molar-refractivity contribution in [3.8, 4) is 11.1 Å². The van der Waals surface area contributed by atoms with E-state index in [1.54, 1.807) is 0 Å². The molecule has 1 amide bonds. The van der Waals surface area contributed by atoms with Crippen LogP contribution in [0.15, 0.2) is 60.2 Å². The van der Waals surface area contributed by atoms with Crippen molar-refractivity contribution in [3.05, 3.63) is 71.3 Å². The summed E-state index contributed by atoms with van der Waals surface area (Å²) in [4.78, 5) is 12.2. The van der Waals surface area contributed by atoms with Crippen LogP contribution in [-0.4, -0.2) is 19.2 Å². The van der Waals surface area contributed by atoms with Crippen LogP contribution in [-0.2, 0) is 4.74 Å². The first kappa shape index (κ1) is 19.2. The van der Waals surface area contributed by atoms with Crippen LogP contribution in [0.5, 0.6) is 0 Å². The normalized spacial score (nSPS) is 13.4. The molecule has 0 aliphatic heterocycles. The Bertz CT molecular complexity index is 775. The maximum Gasteiger partial charge on any atom is 0.407 e. The second-order valence-electron chi connectivity index (χ2n) is 7.67. The van der Waals surface area contributed by atoms with Gasteiger partial charge >= 0.3 is 6.09 Å². The van der Waals surface area contributed by atoms with Crippen LogP contribution in [0.25, 0.3) is 11.1 Å². The van der Waals surface area contributed by atoms with Crippen molar-refractivity contribution >= 4 is 6.09 Å². The van der Waals surface area contributed by atoms with Crippen molar-refractivity contribution in [2.75, 3.05) is 13.2 Å². The molecule has 1 aliphatic carbocycles. The van der Waals surface area contributed by atoms with Gasteiger partial charge in [-0.25, -0.2) is 4.79 Å². The van der Waals surface area contributed by atoms with E-state index in [9.17, 15) is 4.79 Å². The summed E-state index contributed by atoms with van der Waals surface area (Å²) >= 11 is 0. The van der Waals surface area contributed by atoms with E-state index in [0.717, 1.165) is 12.8 Å². The summed E-state index contributed by atoms with van der Waals surface area (Å²) in [6, 6.07) is 16.8. The molecule has 2 aromatic carbocycles. The Morgan fingerprint density at radius 2 is 1.67 bits per heavy atom. The molecular weight excluding hydrogens is 334 g/mol. The summed E-state index contributed by atoms with van der Waals surface area (Å²) in [5, 5.41) is 2.91. The Kier molecular flexibility index (Phi) is 6.33. The third kappa shape index (κ3) is 4.79. The molecule has 0 bridgehead atoms. The van der Waals surface area contributed by atoms with E-state index in [2.05, 4.69) is 68.6 Å². The number of hydrogen-bond donors (Lipinski definition) is 1. The van der Waals surface area contributed by atoms with Crippen LogP contribution >= 0.6 is 0 Å². The molecular formula is C24H29NO2. The van der Waals surface area contributed by atoms with Gasteiger partial charge in [0.05, 0.1) is 0 Å². The second kappa shape index (κ2) is 8.90. The van der Waals surface area contributed by atoms with Crippen molar-refractivity contribution in [1.82, 2.24) is 5.32 Å². The van der Waals surface area contributed by atoms with Crippen LogP contribution < -0.4 is 5.32 Å². The van der Waals surface area contributed by atoms with Gasteiger partial charge in [0.15, 0.2) is 0 Å². The highest BCUT2D eigenvalue weighted by atomic mass is 16.5. The number of amides is 1. The van der Waals surface area contributed by atoms with E-state index < -0.39 is 0 Å². The molecule has 0 unspecified atom stereocenters. The summed E-state index contributed by atoms with van der Waals surface area (Å²) in [5.74, 6) is 0.541. The molecule has 0 spiro atoms. The van der Waals surface area contributed by atoms with Gasteiger partial charge in [0.1, 0.15) is 6.61 Å². The molecule has 1 atom stereocenters. The Morgan fingerprint density at radius 3 is 2.26 bits per heavy atom. The number of carbonyl (C=O) groups is 1. The van der Waals surface area contributed by atoms with Crippen molar-refractivity contribution in [2.24, 2.45) is 5.92 Å². The van der Waals surface area contributed by atoms with Crippen molar-refractivity contribution in [1.29, 1.82) is 0 Å². The van der Waals surface area contributed by atoms with Crippen LogP contribution in [0.3, 0.4) is 0 Å². The van der Waals surface area contributed by atoms with Gasteiger partial charge in [0.2, 0.25) is 0 Å². The van der Waals surface area contributed by atoms with E-state index in [4.69, 9.17) is 4.74 Å². The Balaban J connectivity index is 1.53. The fraction of sp³-hybridized carbons (Fsp3) is 0.375. The number of allylic oxidation sites excluding steroid dienone is 2. The van der Waals surface area contributed by atoms with Gasteiger partial charge in [0, 0.05) is 12.5 Å². The summed E-state index contributed by atoms with van der Waals surface area (Å²) in [5.41, 5.74) is 6.31. The zero-order chi connectivity index (χ0) is 19.2. The molecule has 3 nitrogen and oxygen atoms in total. The average molecular weight is 364 g/mol. The number of fused-ring (bicyclic) bond motifs is 3. The second-order valence-corrected chi connectivity index (χ2v) is 7.67. The van der Waals surface area contributed by atoms with Crippen molar-refractivity contribution < 1.29 is 9.53 Å². The fourth-order valence-electron chi connectivity index (χ4n) is 3.67. The molecule has 142 valence electrons. The molecule has 1 N–H and O–H groups in total. The highest BCUT2D eigenvalue weighted by molar-refractivity contribution is 5.79. The molecule has 0 heterocycles. The average Bonchev–Trinajstić information content (AvgIpc) is 2.98. The minimum atomic E-state index is -0.328. The van der Waals surface area contributed by atoms with Gasteiger partial charge in [-0.2, -0.15) is 0 Å². The van der Waals surface area contributed by atoms with Gasteiger partial charge < -0.3 is 10.1 Å². The monoisotopic (exact) mass is 363 g/mol. The van der Waals surface area contributed by atoms with Gasteiger partial charge in [-0.05, 0) is 54.9 Å². The predicted octanol–water partition coefficient (Wildman–Crippen LogP) is 5.91. The minimum Gasteiger partial charge on any atom is -0.449 e. The first-order valence-corrected chi connectivity index (χ1v) is 9.78. The largest absolute Gasteiger partial charge is 0.449 e. The Morgan fingerprint density at radius 1 is 1.07 bits per heavy atom. The lowest BCUT2D eigenvalue weighted by Crippen LogP contribution is -2.30. The van der Waals surface area contributed by atoms with Gasteiger partial charge in [-0.3, -0.25) is 0 Å². The van der Waals surface area contributed by atoms with Crippen LogP contribution in [0.4, 0.5) is 4.79 Å². The molecule has 1 aliphatic rings. The Hall–Kier alpha value is -2.55. The topological polar surface area (TPSA) is 38.3 Å². The number of ether oxygens (including phenoxy) is 1. The summed E-state index contributed by atoms with van der Waals surface area (Å²) in [6.45, 7) is 7.39. The summed E-state index contributed by atoms with van der Waals surface area (Å²) in [7, 11) is 0.